The number of piperidine rings is 1. The number of halogens is 2. The van der Waals surface area contributed by atoms with Crippen LogP contribution in [0.5, 0.6) is 0 Å². The number of aromatic nitrogens is 2. The third-order valence-corrected chi connectivity index (χ3v) is 3.81. The number of imidazole rings is 1. The zero-order valence-corrected chi connectivity index (χ0v) is 13.6. The van der Waals surface area contributed by atoms with E-state index in [1.165, 1.54) is 0 Å². The highest BCUT2D eigenvalue weighted by Gasteiger charge is 2.34. The minimum atomic E-state index is 0. The van der Waals surface area contributed by atoms with Crippen molar-refractivity contribution in [1.82, 2.24) is 14.5 Å². The molecule has 0 aromatic carbocycles. The second-order valence-corrected chi connectivity index (χ2v) is 5.75. The number of aryl methyl sites for hydroxylation is 1. The summed E-state index contributed by atoms with van der Waals surface area (Å²) >= 11 is 0. The SMILES string of the molecule is CC1(C)CN(C(=O)CCn2ccnc2)CCC1N.Cl.Cl. The first kappa shape index (κ1) is 19.2. The molecule has 1 unspecified atom stereocenters. The molecule has 1 saturated heterocycles. The zero-order valence-electron chi connectivity index (χ0n) is 12.0. The van der Waals surface area contributed by atoms with Crippen LogP contribution < -0.4 is 5.73 Å². The molecule has 116 valence electrons. The first-order valence-electron chi connectivity index (χ1n) is 6.48. The Kier molecular flexibility index (Phi) is 7.55. The van der Waals surface area contributed by atoms with E-state index in [0.717, 1.165) is 19.5 Å². The van der Waals surface area contributed by atoms with Crippen molar-refractivity contribution in [2.45, 2.75) is 39.3 Å². The lowest BCUT2D eigenvalue weighted by Crippen LogP contribution is -2.54. The number of rotatable bonds is 3. The van der Waals surface area contributed by atoms with Gasteiger partial charge in [0.25, 0.3) is 0 Å². The van der Waals surface area contributed by atoms with Gasteiger partial charge in [0.15, 0.2) is 0 Å². The maximum Gasteiger partial charge on any atom is 0.224 e. The molecule has 0 saturated carbocycles. The van der Waals surface area contributed by atoms with Crippen LogP contribution in [0.2, 0.25) is 0 Å². The Morgan fingerprint density at radius 3 is 2.70 bits per heavy atom. The van der Waals surface area contributed by atoms with Crippen molar-refractivity contribution in [2.75, 3.05) is 13.1 Å². The van der Waals surface area contributed by atoms with Crippen LogP contribution in [-0.2, 0) is 11.3 Å². The summed E-state index contributed by atoms with van der Waals surface area (Å²) in [6, 6.07) is 0.190. The van der Waals surface area contributed by atoms with E-state index in [4.69, 9.17) is 5.73 Å². The topological polar surface area (TPSA) is 64.2 Å². The van der Waals surface area contributed by atoms with Gasteiger partial charge >= 0.3 is 0 Å². The van der Waals surface area contributed by atoms with Gasteiger partial charge in [0.2, 0.25) is 5.91 Å². The number of hydrogen-bond donors (Lipinski definition) is 1. The van der Waals surface area contributed by atoms with Crippen LogP contribution >= 0.6 is 24.8 Å². The lowest BCUT2D eigenvalue weighted by molar-refractivity contribution is -0.134. The van der Waals surface area contributed by atoms with Crippen molar-refractivity contribution in [3.63, 3.8) is 0 Å². The molecule has 2 heterocycles. The third-order valence-electron chi connectivity index (χ3n) is 3.81. The van der Waals surface area contributed by atoms with Crippen molar-refractivity contribution in [3.8, 4) is 0 Å². The molecule has 1 fully saturated rings. The number of carbonyl (C=O) groups is 1. The monoisotopic (exact) mass is 322 g/mol. The van der Waals surface area contributed by atoms with Gasteiger partial charge in [-0.15, -0.1) is 24.8 Å². The predicted octanol–water partition coefficient (Wildman–Crippen LogP) is 1.70. The summed E-state index contributed by atoms with van der Waals surface area (Å²) in [5.74, 6) is 0.212. The fraction of sp³-hybridized carbons (Fsp3) is 0.692. The molecular formula is C13H24Cl2N4O. The summed E-state index contributed by atoms with van der Waals surface area (Å²) < 4.78 is 1.93. The highest BCUT2D eigenvalue weighted by molar-refractivity contribution is 5.85. The molecule has 1 aromatic rings. The number of nitrogens with zero attached hydrogens (tertiary/aromatic N) is 3. The Bertz CT molecular complexity index is 409. The Morgan fingerprint density at radius 1 is 1.45 bits per heavy atom. The van der Waals surface area contributed by atoms with Crippen molar-refractivity contribution < 1.29 is 4.79 Å². The van der Waals surface area contributed by atoms with Crippen LogP contribution in [0.1, 0.15) is 26.7 Å². The lowest BCUT2D eigenvalue weighted by Gasteiger charge is -2.42. The van der Waals surface area contributed by atoms with E-state index < -0.39 is 0 Å². The van der Waals surface area contributed by atoms with E-state index in [1.54, 1.807) is 12.5 Å². The molecule has 1 atom stereocenters. The lowest BCUT2D eigenvalue weighted by atomic mass is 9.79. The highest BCUT2D eigenvalue weighted by Crippen LogP contribution is 2.27. The smallest absolute Gasteiger partial charge is 0.224 e. The first-order chi connectivity index (χ1) is 8.49. The second-order valence-electron chi connectivity index (χ2n) is 5.75. The van der Waals surface area contributed by atoms with Gasteiger partial charge in [-0.05, 0) is 11.8 Å². The number of hydrogen-bond acceptors (Lipinski definition) is 3. The summed E-state index contributed by atoms with van der Waals surface area (Å²) in [4.78, 5) is 18.1. The van der Waals surface area contributed by atoms with Gasteiger partial charge in [-0.1, -0.05) is 13.8 Å². The van der Waals surface area contributed by atoms with Gasteiger partial charge in [-0.3, -0.25) is 4.79 Å². The molecule has 1 amide bonds. The normalized spacial score (nSPS) is 20.8. The zero-order chi connectivity index (χ0) is 13.2. The van der Waals surface area contributed by atoms with Gasteiger partial charge in [-0.2, -0.15) is 0 Å². The Balaban J connectivity index is 0.00000180. The quantitative estimate of drug-likeness (QED) is 0.921. The highest BCUT2D eigenvalue weighted by atomic mass is 35.5. The van der Waals surface area contributed by atoms with Crippen LogP contribution in [-0.4, -0.2) is 39.5 Å². The summed E-state index contributed by atoms with van der Waals surface area (Å²) in [5.41, 5.74) is 6.09. The molecule has 5 nitrogen and oxygen atoms in total. The van der Waals surface area contributed by atoms with E-state index in [2.05, 4.69) is 18.8 Å². The predicted molar refractivity (Wildman–Crippen MR) is 84.3 cm³/mol. The Hall–Kier alpha value is -0.780. The Morgan fingerprint density at radius 2 is 2.15 bits per heavy atom. The minimum absolute atomic E-state index is 0. The molecule has 2 rings (SSSR count). The van der Waals surface area contributed by atoms with E-state index in [1.807, 2.05) is 15.7 Å². The average molecular weight is 323 g/mol. The summed E-state index contributed by atoms with van der Waals surface area (Å²) in [7, 11) is 0. The van der Waals surface area contributed by atoms with Crippen molar-refractivity contribution in [3.05, 3.63) is 18.7 Å². The third kappa shape index (κ3) is 4.65. The number of likely N-dealkylation sites (tertiary alicyclic amines) is 1. The van der Waals surface area contributed by atoms with Crippen LogP contribution in [0, 0.1) is 5.41 Å². The molecular weight excluding hydrogens is 299 g/mol. The van der Waals surface area contributed by atoms with Crippen molar-refractivity contribution in [2.24, 2.45) is 11.1 Å². The first-order valence-corrected chi connectivity index (χ1v) is 6.48. The van der Waals surface area contributed by atoms with E-state index in [0.29, 0.717) is 13.0 Å². The van der Waals surface area contributed by atoms with Crippen molar-refractivity contribution >= 4 is 30.7 Å². The van der Waals surface area contributed by atoms with E-state index in [9.17, 15) is 4.79 Å². The maximum absolute atomic E-state index is 12.1. The average Bonchev–Trinajstić information content (AvgIpc) is 2.82. The fourth-order valence-electron chi connectivity index (χ4n) is 2.39. The number of amides is 1. The van der Waals surface area contributed by atoms with Crippen LogP contribution in [0.4, 0.5) is 0 Å². The van der Waals surface area contributed by atoms with Crippen LogP contribution in [0.25, 0.3) is 0 Å². The van der Waals surface area contributed by atoms with Gasteiger partial charge < -0.3 is 15.2 Å². The molecule has 20 heavy (non-hydrogen) atoms. The molecule has 7 heteroatoms. The van der Waals surface area contributed by atoms with Crippen LogP contribution in [0.15, 0.2) is 18.7 Å². The minimum Gasteiger partial charge on any atom is -0.342 e. The number of carbonyl (C=O) groups excluding carboxylic acids is 1. The van der Waals surface area contributed by atoms with Gasteiger partial charge in [0, 0.05) is 44.5 Å². The van der Waals surface area contributed by atoms with Gasteiger partial charge in [0.1, 0.15) is 0 Å². The van der Waals surface area contributed by atoms with Crippen LogP contribution in [0.3, 0.4) is 0 Å². The Labute approximate surface area is 132 Å². The molecule has 1 aromatic heterocycles. The van der Waals surface area contributed by atoms with Gasteiger partial charge in [-0.25, -0.2) is 4.98 Å². The molecule has 0 bridgehead atoms. The second kappa shape index (κ2) is 7.86. The molecule has 1 aliphatic heterocycles. The van der Waals surface area contributed by atoms with Crippen molar-refractivity contribution in [1.29, 1.82) is 0 Å². The largest absolute Gasteiger partial charge is 0.342 e. The van der Waals surface area contributed by atoms with E-state index >= 15 is 0 Å². The molecule has 0 aliphatic carbocycles. The fourth-order valence-corrected chi connectivity index (χ4v) is 2.39. The molecule has 2 N–H and O–H groups in total. The molecule has 0 radical (unpaired) electrons. The van der Waals surface area contributed by atoms with Gasteiger partial charge in [0.05, 0.1) is 6.33 Å². The number of nitrogens with two attached hydrogens (primary N) is 1. The molecule has 1 aliphatic rings. The molecule has 0 spiro atoms. The summed E-state index contributed by atoms with van der Waals surface area (Å²) in [6.07, 6.45) is 6.77. The summed E-state index contributed by atoms with van der Waals surface area (Å²) in [5, 5.41) is 0. The maximum atomic E-state index is 12.1. The summed E-state index contributed by atoms with van der Waals surface area (Å²) in [6.45, 7) is 6.51. The standard InChI is InChI=1S/C13H22N4O.2ClH/c1-13(2)9-17(7-3-11(13)14)12(18)4-6-16-8-5-15-10-16;;/h5,8,10-11H,3-4,6-7,9,14H2,1-2H3;2*1H. The van der Waals surface area contributed by atoms with E-state index in [-0.39, 0.29) is 42.2 Å².